The number of alkyl halides is 3. The van der Waals surface area contributed by atoms with Gasteiger partial charge in [-0.2, -0.15) is 13.2 Å². The molecular weight excluding hydrogens is 381 g/mol. The third-order valence-corrected chi connectivity index (χ3v) is 4.34. The highest BCUT2D eigenvalue weighted by molar-refractivity contribution is 6.00. The van der Waals surface area contributed by atoms with Gasteiger partial charge in [-0.15, -0.1) is 0 Å². The number of carbonyl (C=O) groups excluding carboxylic acids is 2. The van der Waals surface area contributed by atoms with Crippen LogP contribution in [0.15, 0.2) is 72.8 Å². The molecule has 0 amide bonds. The predicted octanol–water partition coefficient (Wildman–Crippen LogP) is 5.61. The van der Waals surface area contributed by atoms with E-state index in [2.05, 4.69) is 53.3 Å². The van der Waals surface area contributed by atoms with E-state index >= 15 is 0 Å². The maximum absolute atomic E-state index is 12.0. The Morgan fingerprint density at radius 3 is 1.72 bits per heavy atom. The molecule has 1 aliphatic rings. The second-order valence-corrected chi connectivity index (χ2v) is 6.44. The Morgan fingerprint density at radius 1 is 0.793 bits per heavy atom. The molecule has 0 radical (unpaired) electrons. The molecule has 0 bridgehead atoms. The molecule has 0 saturated carbocycles. The summed E-state index contributed by atoms with van der Waals surface area (Å²) in [6.07, 6.45) is -3.80. The van der Waals surface area contributed by atoms with Crippen molar-refractivity contribution in [2.75, 3.05) is 0 Å². The first-order valence-electron chi connectivity index (χ1n) is 8.82. The molecule has 148 valence electrons. The van der Waals surface area contributed by atoms with Crippen molar-refractivity contribution in [2.24, 2.45) is 0 Å². The van der Waals surface area contributed by atoms with Gasteiger partial charge in [0.15, 0.2) is 0 Å². The van der Waals surface area contributed by atoms with Crippen LogP contribution in [0.5, 0.6) is 5.75 Å². The number of esters is 1. The highest BCUT2D eigenvalue weighted by Gasteiger charge is 2.39. The monoisotopic (exact) mass is 398 g/mol. The van der Waals surface area contributed by atoms with E-state index in [4.69, 9.17) is 0 Å². The van der Waals surface area contributed by atoms with Crippen LogP contribution in [0.3, 0.4) is 0 Å². The fourth-order valence-electron chi connectivity index (χ4n) is 3.08. The van der Waals surface area contributed by atoms with Crippen molar-refractivity contribution in [3.8, 4) is 16.9 Å². The summed E-state index contributed by atoms with van der Waals surface area (Å²) in [6.45, 7) is 1.16. The molecule has 0 aromatic heterocycles. The van der Waals surface area contributed by atoms with Crippen LogP contribution in [-0.2, 0) is 11.2 Å². The smallest absolute Gasteiger partial charge is 0.427 e. The number of benzene rings is 3. The second kappa shape index (κ2) is 8.31. The summed E-state index contributed by atoms with van der Waals surface area (Å²) in [6, 6.07) is 21.5. The van der Waals surface area contributed by atoms with Crippen molar-refractivity contribution in [3.63, 3.8) is 0 Å². The van der Waals surface area contributed by atoms with Gasteiger partial charge in [-0.05, 0) is 52.9 Å². The molecule has 3 aromatic rings. The predicted molar refractivity (Wildman–Crippen MR) is 103 cm³/mol. The molecule has 1 aliphatic carbocycles. The fourth-order valence-corrected chi connectivity index (χ4v) is 3.08. The first-order chi connectivity index (χ1) is 13.8. The lowest BCUT2D eigenvalue weighted by Crippen LogP contribution is -2.22. The van der Waals surface area contributed by atoms with Crippen molar-refractivity contribution < 1.29 is 27.5 Å². The van der Waals surface area contributed by atoms with Crippen LogP contribution in [0.1, 0.15) is 28.4 Å². The van der Waals surface area contributed by atoms with E-state index in [1.54, 1.807) is 0 Å². The molecule has 0 spiro atoms. The van der Waals surface area contributed by atoms with Gasteiger partial charge in [0.05, 0.1) is 0 Å². The summed E-state index contributed by atoms with van der Waals surface area (Å²) in [5, 5.41) is 0. The van der Waals surface area contributed by atoms with Gasteiger partial charge in [-0.1, -0.05) is 48.5 Å². The van der Waals surface area contributed by atoms with Crippen LogP contribution >= 0.6 is 0 Å². The fraction of sp³-hybridized carbons (Fsp3) is 0.130. The Hall–Kier alpha value is -3.41. The molecule has 0 N–H and O–H groups in total. The Bertz CT molecular complexity index is 994. The number of Topliss-reactive ketones (excluding diaryl/α,β-unsaturated/α-hetero) is 1. The van der Waals surface area contributed by atoms with Crippen LogP contribution in [0.4, 0.5) is 13.2 Å². The lowest BCUT2D eigenvalue weighted by atomic mass is 10.1. The molecule has 4 rings (SSSR count). The van der Waals surface area contributed by atoms with Crippen molar-refractivity contribution >= 4 is 11.8 Å². The van der Waals surface area contributed by atoms with E-state index in [0.717, 1.165) is 37.6 Å². The van der Waals surface area contributed by atoms with Crippen LogP contribution in [0.25, 0.3) is 11.1 Å². The largest absolute Gasteiger partial charge is 0.454 e. The molecule has 3 aromatic carbocycles. The average molecular weight is 398 g/mol. The van der Waals surface area contributed by atoms with Crippen LogP contribution in [-0.4, -0.2) is 17.9 Å². The van der Waals surface area contributed by atoms with Crippen LogP contribution < -0.4 is 4.74 Å². The normalized spacial score (nSPS) is 11.6. The van der Waals surface area contributed by atoms with Gasteiger partial charge in [-0.25, -0.2) is 0 Å². The van der Waals surface area contributed by atoms with Gasteiger partial charge in [0.25, 0.3) is 5.78 Å². The average Bonchev–Trinajstić information content (AvgIpc) is 3.06. The number of halogens is 3. The van der Waals surface area contributed by atoms with E-state index in [9.17, 15) is 22.8 Å². The number of hydrogen-bond donors (Lipinski definition) is 0. The highest BCUT2D eigenvalue weighted by Crippen LogP contribution is 2.35. The van der Waals surface area contributed by atoms with Gasteiger partial charge >= 0.3 is 12.1 Å². The maximum Gasteiger partial charge on any atom is 0.454 e. The number of carbonyl (C=O) groups is 2. The zero-order valence-corrected chi connectivity index (χ0v) is 15.5. The van der Waals surface area contributed by atoms with Gasteiger partial charge in [0, 0.05) is 12.5 Å². The molecular formula is C23H17F3O3. The van der Waals surface area contributed by atoms with E-state index in [1.807, 2.05) is 0 Å². The summed E-state index contributed by atoms with van der Waals surface area (Å²) in [4.78, 5) is 21.3. The Kier molecular flexibility index (Phi) is 5.82. The molecule has 0 atom stereocenters. The first-order valence-corrected chi connectivity index (χ1v) is 8.82. The first kappa shape index (κ1) is 20.3. The van der Waals surface area contributed by atoms with Gasteiger partial charge in [-0.3, -0.25) is 9.59 Å². The molecule has 3 nitrogen and oxygen atoms in total. The Labute approximate surface area is 165 Å². The SMILES string of the molecule is CC(=O)Oc1ccc(C(=O)C(F)(F)F)cc1.c1ccc2c(c1)Cc1ccccc1-2. The lowest BCUT2D eigenvalue weighted by Gasteiger charge is -2.05. The topological polar surface area (TPSA) is 43.4 Å². The second-order valence-electron chi connectivity index (χ2n) is 6.44. The number of rotatable bonds is 2. The number of ketones is 1. The minimum atomic E-state index is -4.90. The summed E-state index contributed by atoms with van der Waals surface area (Å²) in [5.74, 6) is -2.43. The van der Waals surface area contributed by atoms with Gasteiger partial charge < -0.3 is 4.74 Å². The minimum absolute atomic E-state index is 0.0891. The zero-order valence-electron chi connectivity index (χ0n) is 15.5. The molecule has 0 fully saturated rings. The molecule has 29 heavy (non-hydrogen) atoms. The van der Waals surface area contributed by atoms with Crippen LogP contribution in [0.2, 0.25) is 0 Å². The van der Waals surface area contributed by atoms with Crippen molar-refractivity contribution in [2.45, 2.75) is 19.5 Å². The highest BCUT2D eigenvalue weighted by atomic mass is 19.4. The molecule has 0 unspecified atom stereocenters. The lowest BCUT2D eigenvalue weighted by molar-refractivity contribution is -0.131. The van der Waals surface area contributed by atoms with Gasteiger partial charge in [0.1, 0.15) is 5.75 Å². The number of fused-ring (bicyclic) bond motifs is 3. The molecule has 6 heteroatoms. The van der Waals surface area contributed by atoms with E-state index in [0.29, 0.717) is 0 Å². The van der Waals surface area contributed by atoms with E-state index in [1.165, 1.54) is 22.3 Å². The van der Waals surface area contributed by atoms with Gasteiger partial charge in [0.2, 0.25) is 0 Å². The Balaban J connectivity index is 0.000000168. The molecule has 0 aliphatic heterocycles. The third-order valence-electron chi connectivity index (χ3n) is 4.34. The third kappa shape index (κ3) is 4.90. The number of ether oxygens (including phenoxy) is 1. The summed E-state index contributed by atoms with van der Waals surface area (Å²) < 4.78 is 40.6. The number of hydrogen-bond acceptors (Lipinski definition) is 3. The summed E-state index contributed by atoms with van der Waals surface area (Å²) >= 11 is 0. The minimum Gasteiger partial charge on any atom is -0.427 e. The molecule has 0 heterocycles. The standard InChI is InChI=1S/C13H10.C10H7F3O3/c1-3-7-12-10(5-1)9-11-6-2-4-8-13(11)12;1-6(14)16-8-4-2-7(3-5-8)9(15)10(11,12)13/h1-8H,9H2;2-5H,1H3. The van der Waals surface area contributed by atoms with Crippen molar-refractivity contribution in [1.29, 1.82) is 0 Å². The summed E-state index contributed by atoms with van der Waals surface area (Å²) in [5.41, 5.74) is 5.26. The van der Waals surface area contributed by atoms with E-state index < -0.39 is 23.5 Å². The molecule has 0 saturated heterocycles. The Morgan fingerprint density at radius 2 is 1.28 bits per heavy atom. The van der Waals surface area contributed by atoms with Crippen molar-refractivity contribution in [1.82, 2.24) is 0 Å². The van der Waals surface area contributed by atoms with Crippen molar-refractivity contribution in [3.05, 3.63) is 89.5 Å². The van der Waals surface area contributed by atoms with Crippen LogP contribution in [0, 0.1) is 0 Å². The maximum atomic E-state index is 12.0. The van der Waals surface area contributed by atoms with E-state index in [-0.39, 0.29) is 5.75 Å². The summed E-state index contributed by atoms with van der Waals surface area (Å²) in [7, 11) is 0. The quantitative estimate of drug-likeness (QED) is 0.250. The zero-order chi connectivity index (χ0) is 21.0.